The first kappa shape index (κ1) is 13.9. The molecule has 1 rings (SSSR count). The van der Waals surface area contributed by atoms with Gasteiger partial charge in [-0.15, -0.1) is 0 Å². The summed E-state index contributed by atoms with van der Waals surface area (Å²) in [5, 5.41) is 2.74. The van der Waals surface area contributed by atoms with Gasteiger partial charge in [0, 0.05) is 13.1 Å². The number of nitrogens with zero attached hydrogens (tertiary/aromatic N) is 1. The number of carbonyl (C=O) groups is 2. The number of amides is 2. The normalized spacial score (nSPS) is 19.8. The first-order chi connectivity index (χ1) is 7.61. The van der Waals surface area contributed by atoms with Crippen LogP contribution in [-0.2, 0) is 9.59 Å². The summed E-state index contributed by atoms with van der Waals surface area (Å²) < 4.78 is 0. The van der Waals surface area contributed by atoms with Gasteiger partial charge in [0.2, 0.25) is 11.8 Å². The molecule has 1 aliphatic heterocycles. The van der Waals surface area contributed by atoms with Crippen LogP contribution in [-0.4, -0.2) is 40.3 Å². The van der Waals surface area contributed by atoms with Gasteiger partial charge in [-0.25, -0.2) is 0 Å². The van der Waals surface area contributed by atoms with E-state index in [9.17, 15) is 9.59 Å². The highest BCUT2D eigenvalue weighted by molar-refractivity contribution is 7.80. The molecule has 6 heteroatoms. The number of piperazine rings is 1. The largest absolute Gasteiger partial charge is 0.392 e. The molecule has 0 spiro atoms. The maximum atomic E-state index is 12.4. The van der Waals surface area contributed by atoms with E-state index in [-0.39, 0.29) is 16.8 Å². The van der Waals surface area contributed by atoms with Crippen molar-refractivity contribution in [3.8, 4) is 0 Å². The molecule has 2 amide bonds. The van der Waals surface area contributed by atoms with Crippen LogP contribution in [0.1, 0.15) is 27.7 Å². The Kier molecular flexibility index (Phi) is 3.47. The SMILES string of the molecule is CC(C)(C(=O)N1CCNC(=O)C1(C)C)C(N)=S. The van der Waals surface area contributed by atoms with Gasteiger partial charge in [-0.05, 0) is 27.7 Å². The van der Waals surface area contributed by atoms with Crippen LogP contribution in [0.5, 0.6) is 0 Å². The molecule has 1 saturated heterocycles. The Bertz CT molecular complexity index is 377. The minimum Gasteiger partial charge on any atom is -0.392 e. The minimum atomic E-state index is -0.926. The minimum absolute atomic E-state index is 0.143. The zero-order valence-electron chi connectivity index (χ0n) is 10.7. The van der Waals surface area contributed by atoms with E-state index in [1.165, 1.54) is 0 Å². The van der Waals surface area contributed by atoms with E-state index >= 15 is 0 Å². The van der Waals surface area contributed by atoms with Crippen LogP contribution in [0.3, 0.4) is 0 Å². The summed E-state index contributed by atoms with van der Waals surface area (Å²) in [6.07, 6.45) is 0. The number of hydrogen-bond acceptors (Lipinski definition) is 3. The Morgan fingerprint density at radius 3 is 2.53 bits per heavy atom. The van der Waals surface area contributed by atoms with Crippen LogP contribution >= 0.6 is 12.2 Å². The second-order valence-electron chi connectivity index (χ2n) is 5.26. The molecule has 3 N–H and O–H groups in total. The average molecular weight is 257 g/mol. The van der Waals surface area contributed by atoms with Gasteiger partial charge in [0.15, 0.2) is 0 Å². The third-order valence-electron chi connectivity index (χ3n) is 3.25. The van der Waals surface area contributed by atoms with Gasteiger partial charge in [0.05, 0.1) is 10.4 Å². The van der Waals surface area contributed by atoms with Crippen molar-refractivity contribution >= 4 is 29.0 Å². The number of rotatable bonds is 2. The van der Waals surface area contributed by atoms with Gasteiger partial charge in [0.1, 0.15) is 5.54 Å². The number of thiocarbonyl (C=S) groups is 1. The molecule has 1 aliphatic rings. The zero-order chi connectivity index (χ0) is 13.4. The predicted molar refractivity (Wildman–Crippen MR) is 69.4 cm³/mol. The lowest BCUT2D eigenvalue weighted by Gasteiger charge is -2.44. The van der Waals surface area contributed by atoms with Crippen molar-refractivity contribution in [3.05, 3.63) is 0 Å². The molecular formula is C11H19N3O2S. The Labute approximate surface area is 107 Å². The molecule has 0 aromatic heterocycles. The topological polar surface area (TPSA) is 75.4 Å². The summed E-state index contributed by atoms with van der Waals surface area (Å²) in [6, 6.07) is 0. The third-order valence-corrected chi connectivity index (χ3v) is 3.76. The number of carbonyl (C=O) groups excluding carboxylic acids is 2. The van der Waals surface area contributed by atoms with Crippen LogP contribution < -0.4 is 11.1 Å². The van der Waals surface area contributed by atoms with Crippen molar-refractivity contribution in [1.29, 1.82) is 0 Å². The Balaban J connectivity index is 3.04. The van der Waals surface area contributed by atoms with Gasteiger partial charge in [-0.2, -0.15) is 0 Å². The average Bonchev–Trinajstić information content (AvgIpc) is 2.20. The van der Waals surface area contributed by atoms with Crippen LogP contribution in [0.15, 0.2) is 0 Å². The molecule has 0 radical (unpaired) electrons. The number of hydrogen-bond donors (Lipinski definition) is 2. The molecule has 0 atom stereocenters. The van der Waals surface area contributed by atoms with Crippen molar-refractivity contribution in [2.24, 2.45) is 11.1 Å². The first-order valence-corrected chi connectivity index (χ1v) is 5.93. The Hall–Kier alpha value is -1.17. The van der Waals surface area contributed by atoms with E-state index in [1.807, 2.05) is 0 Å². The maximum Gasteiger partial charge on any atom is 0.245 e. The van der Waals surface area contributed by atoms with Crippen molar-refractivity contribution in [2.75, 3.05) is 13.1 Å². The van der Waals surface area contributed by atoms with Crippen molar-refractivity contribution < 1.29 is 9.59 Å². The predicted octanol–water partition coefficient (Wildman–Crippen LogP) is 0.0357. The molecular weight excluding hydrogens is 238 g/mol. The lowest BCUT2D eigenvalue weighted by atomic mass is 9.88. The fourth-order valence-electron chi connectivity index (χ4n) is 1.70. The first-order valence-electron chi connectivity index (χ1n) is 5.52. The van der Waals surface area contributed by atoms with Crippen LogP contribution in [0.2, 0.25) is 0 Å². The standard InChI is InChI=1S/C11H19N3O2S/c1-10(2,7(12)17)9(16)14-6-5-13-8(15)11(14,3)4/h5-6H2,1-4H3,(H2,12,17)(H,13,15). The lowest BCUT2D eigenvalue weighted by Crippen LogP contribution is -2.66. The summed E-state index contributed by atoms with van der Waals surface area (Å²) >= 11 is 4.91. The summed E-state index contributed by atoms with van der Waals surface area (Å²) in [6.45, 7) is 7.73. The van der Waals surface area contributed by atoms with E-state index in [0.29, 0.717) is 13.1 Å². The van der Waals surface area contributed by atoms with E-state index < -0.39 is 11.0 Å². The molecule has 0 aromatic rings. The molecule has 0 saturated carbocycles. The molecule has 0 unspecified atom stereocenters. The third kappa shape index (κ3) is 2.26. The Morgan fingerprint density at radius 2 is 2.06 bits per heavy atom. The van der Waals surface area contributed by atoms with Crippen LogP contribution in [0.25, 0.3) is 0 Å². The van der Waals surface area contributed by atoms with E-state index in [0.717, 1.165) is 0 Å². The molecule has 5 nitrogen and oxygen atoms in total. The maximum absolute atomic E-state index is 12.4. The summed E-state index contributed by atoms with van der Waals surface area (Å²) in [5.74, 6) is -0.360. The van der Waals surface area contributed by atoms with Crippen molar-refractivity contribution in [2.45, 2.75) is 33.2 Å². The quantitative estimate of drug-likeness (QED) is 0.685. The molecule has 96 valence electrons. The van der Waals surface area contributed by atoms with Crippen LogP contribution in [0, 0.1) is 5.41 Å². The second kappa shape index (κ2) is 4.25. The van der Waals surface area contributed by atoms with Gasteiger partial charge in [-0.3, -0.25) is 9.59 Å². The molecule has 17 heavy (non-hydrogen) atoms. The molecule has 0 aliphatic carbocycles. The van der Waals surface area contributed by atoms with Gasteiger partial charge >= 0.3 is 0 Å². The molecule has 0 aromatic carbocycles. The lowest BCUT2D eigenvalue weighted by molar-refractivity contribution is -0.153. The van der Waals surface area contributed by atoms with Crippen LogP contribution in [0.4, 0.5) is 0 Å². The second-order valence-corrected chi connectivity index (χ2v) is 5.70. The summed E-state index contributed by atoms with van der Waals surface area (Å²) in [5.41, 5.74) is 3.79. The Morgan fingerprint density at radius 1 is 1.53 bits per heavy atom. The highest BCUT2D eigenvalue weighted by atomic mass is 32.1. The number of nitrogens with one attached hydrogen (secondary N) is 1. The molecule has 0 bridgehead atoms. The fraction of sp³-hybridized carbons (Fsp3) is 0.727. The smallest absolute Gasteiger partial charge is 0.245 e. The summed E-state index contributed by atoms with van der Waals surface area (Å²) in [7, 11) is 0. The van der Waals surface area contributed by atoms with E-state index in [1.54, 1.807) is 32.6 Å². The zero-order valence-corrected chi connectivity index (χ0v) is 11.5. The van der Waals surface area contributed by atoms with Crippen molar-refractivity contribution in [1.82, 2.24) is 10.2 Å². The van der Waals surface area contributed by atoms with E-state index in [2.05, 4.69) is 5.32 Å². The van der Waals surface area contributed by atoms with Gasteiger partial charge in [-0.1, -0.05) is 12.2 Å². The summed E-state index contributed by atoms with van der Waals surface area (Å²) in [4.78, 5) is 25.8. The molecule has 1 heterocycles. The molecule has 1 fully saturated rings. The monoisotopic (exact) mass is 257 g/mol. The van der Waals surface area contributed by atoms with E-state index in [4.69, 9.17) is 18.0 Å². The van der Waals surface area contributed by atoms with Gasteiger partial charge < -0.3 is 16.0 Å². The van der Waals surface area contributed by atoms with Crippen molar-refractivity contribution in [3.63, 3.8) is 0 Å². The highest BCUT2D eigenvalue weighted by Crippen LogP contribution is 2.26. The fourth-order valence-corrected chi connectivity index (χ4v) is 1.79. The number of nitrogens with two attached hydrogens (primary N) is 1. The highest BCUT2D eigenvalue weighted by Gasteiger charge is 2.45. The van der Waals surface area contributed by atoms with Gasteiger partial charge in [0.25, 0.3) is 0 Å².